The van der Waals surface area contributed by atoms with Gasteiger partial charge in [-0.15, -0.1) is 0 Å². The average Bonchev–Trinajstić information content (AvgIpc) is 2.38. The van der Waals surface area contributed by atoms with Crippen molar-refractivity contribution in [2.24, 2.45) is 0 Å². The molecule has 1 aliphatic carbocycles. The van der Waals surface area contributed by atoms with Gasteiger partial charge in [-0.05, 0) is 30.9 Å². The van der Waals surface area contributed by atoms with Gasteiger partial charge in [-0.2, -0.15) is 0 Å². The van der Waals surface area contributed by atoms with E-state index in [1.807, 2.05) is 0 Å². The van der Waals surface area contributed by atoms with Crippen LogP contribution in [0.25, 0.3) is 0 Å². The Balaban J connectivity index is 2.21. The maximum absolute atomic E-state index is 11.0. The number of nitrogens with one attached hydrogen (secondary N) is 1. The van der Waals surface area contributed by atoms with Gasteiger partial charge < -0.3 is 5.32 Å². The van der Waals surface area contributed by atoms with Crippen molar-refractivity contribution in [3.63, 3.8) is 0 Å². The van der Waals surface area contributed by atoms with E-state index < -0.39 is 0 Å². The lowest BCUT2D eigenvalue weighted by Gasteiger charge is -2.24. The van der Waals surface area contributed by atoms with Crippen LogP contribution in [0, 0.1) is 0 Å². The van der Waals surface area contributed by atoms with Crippen LogP contribution in [0.4, 0.5) is 0 Å². The van der Waals surface area contributed by atoms with Gasteiger partial charge in [-0.1, -0.05) is 24.3 Å². The zero-order chi connectivity index (χ0) is 10.2. The molecule has 2 heteroatoms. The van der Waals surface area contributed by atoms with Crippen LogP contribution in [0.3, 0.4) is 0 Å². The number of fused-ring (bicyclic) bond motifs is 1. The van der Waals surface area contributed by atoms with Crippen LogP contribution in [0.15, 0.2) is 24.3 Å². The number of amides is 1. The van der Waals surface area contributed by atoms with E-state index in [1.54, 1.807) is 6.92 Å². The Bertz CT molecular complexity index is 345. The van der Waals surface area contributed by atoms with Crippen molar-refractivity contribution in [1.82, 2.24) is 5.32 Å². The van der Waals surface area contributed by atoms with Crippen LogP contribution in [-0.4, -0.2) is 11.4 Å². The van der Waals surface area contributed by atoms with E-state index in [0.29, 0.717) is 0 Å². The monoisotopic (exact) mass is 189 g/mol. The van der Waals surface area contributed by atoms with E-state index in [2.05, 4.69) is 36.5 Å². The summed E-state index contributed by atoms with van der Waals surface area (Å²) in [7, 11) is 0. The first kappa shape index (κ1) is 9.25. The number of benzene rings is 1. The molecule has 0 bridgehead atoms. The molecule has 0 saturated carbocycles. The van der Waals surface area contributed by atoms with Crippen molar-refractivity contribution in [3.05, 3.63) is 35.4 Å². The number of rotatable bonds is 1. The van der Waals surface area contributed by atoms with Gasteiger partial charge in [0.15, 0.2) is 0 Å². The molecule has 0 aliphatic heterocycles. The SMILES string of the molecule is CC(=O)NC1(C)Cc2ccccc2C1. The van der Waals surface area contributed by atoms with E-state index in [1.165, 1.54) is 11.1 Å². The van der Waals surface area contributed by atoms with Gasteiger partial charge in [-0.25, -0.2) is 0 Å². The molecule has 74 valence electrons. The normalized spacial score (nSPS) is 17.6. The summed E-state index contributed by atoms with van der Waals surface area (Å²) >= 11 is 0. The fourth-order valence-corrected chi connectivity index (χ4v) is 2.32. The van der Waals surface area contributed by atoms with Crippen LogP contribution in [-0.2, 0) is 17.6 Å². The number of hydrogen-bond acceptors (Lipinski definition) is 1. The molecule has 1 aromatic rings. The first-order chi connectivity index (χ1) is 6.59. The third-order valence-electron chi connectivity index (χ3n) is 2.76. The molecule has 0 atom stereocenters. The van der Waals surface area contributed by atoms with Crippen molar-refractivity contribution in [2.45, 2.75) is 32.2 Å². The van der Waals surface area contributed by atoms with Crippen molar-refractivity contribution < 1.29 is 4.79 Å². The minimum atomic E-state index is -0.0739. The second kappa shape index (κ2) is 3.12. The molecule has 0 fully saturated rings. The van der Waals surface area contributed by atoms with Gasteiger partial charge in [-0.3, -0.25) is 4.79 Å². The Kier molecular flexibility index (Phi) is 2.06. The lowest BCUT2D eigenvalue weighted by molar-refractivity contribution is -0.120. The van der Waals surface area contributed by atoms with E-state index in [9.17, 15) is 4.79 Å². The molecule has 0 radical (unpaired) electrons. The van der Waals surface area contributed by atoms with Gasteiger partial charge >= 0.3 is 0 Å². The summed E-state index contributed by atoms with van der Waals surface area (Å²) in [4.78, 5) is 11.0. The minimum Gasteiger partial charge on any atom is -0.351 e. The molecule has 1 aromatic carbocycles. The lowest BCUT2D eigenvalue weighted by Crippen LogP contribution is -2.45. The molecule has 1 amide bonds. The highest BCUT2D eigenvalue weighted by molar-refractivity contribution is 5.74. The molecule has 0 aromatic heterocycles. The van der Waals surface area contributed by atoms with E-state index >= 15 is 0 Å². The molecule has 0 saturated heterocycles. The first-order valence-corrected chi connectivity index (χ1v) is 4.95. The Morgan fingerprint density at radius 2 is 1.79 bits per heavy atom. The largest absolute Gasteiger partial charge is 0.351 e. The highest BCUT2D eigenvalue weighted by Gasteiger charge is 2.32. The molecular formula is C12H15NO. The summed E-state index contributed by atoms with van der Waals surface area (Å²) in [5.41, 5.74) is 2.66. The minimum absolute atomic E-state index is 0.0558. The fourth-order valence-electron chi connectivity index (χ4n) is 2.32. The zero-order valence-electron chi connectivity index (χ0n) is 8.63. The maximum atomic E-state index is 11.0. The highest BCUT2D eigenvalue weighted by atomic mass is 16.1. The predicted octanol–water partition coefficient (Wildman–Crippen LogP) is 1.68. The van der Waals surface area contributed by atoms with Crippen molar-refractivity contribution >= 4 is 5.91 Å². The first-order valence-electron chi connectivity index (χ1n) is 4.95. The molecule has 1 N–H and O–H groups in total. The predicted molar refractivity (Wildman–Crippen MR) is 56.1 cm³/mol. The summed E-state index contributed by atoms with van der Waals surface area (Å²) in [5.74, 6) is 0.0558. The molecule has 14 heavy (non-hydrogen) atoms. The summed E-state index contributed by atoms with van der Waals surface area (Å²) < 4.78 is 0. The molecule has 2 nitrogen and oxygen atoms in total. The van der Waals surface area contributed by atoms with Crippen molar-refractivity contribution in [3.8, 4) is 0 Å². The third-order valence-corrected chi connectivity index (χ3v) is 2.76. The standard InChI is InChI=1S/C12H15NO/c1-9(14)13-12(2)7-10-5-3-4-6-11(10)8-12/h3-6H,7-8H2,1-2H3,(H,13,14). The van der Waals surface area contributed by atoms with Crippen molar-refractivity contribution in [1.29, 1.82) is 0 Å². The average molecular weight is 189 g/mol. The molecule has 0 spiro atoms. The van der Waals surface area contributed by atoms with E-state index in [0.717, 1.165) is 12.8 Å². The van der Waals surface area contributed by atoms with Gasteiger partial charge in [0, 0.05) is 12.5 Å². The van der Waals surface area contributed by atoms with E-state index in [4.69, 9.17) is 0 Å². The fraction of sp³-hybridized carbons (Fsp3) is 0.417. The Labute approximate surface area is 84.3 Å². The van der Waals surface area contributed by atoms with Crippen LogP contribution in [0.5, 0.6) is 0 Å². The summed E-state index contributed by atoms with van der Waals surface area (Å²) in [6.45, 7) is 3.68. The van der Waals surface area contributed by atoms with E-state index in [-0.39, 0.29) is 11.4 Å². The molecule has 0 unspecified atom stereocenters. The lowest BCUT2D eigenvalue weighted by atomic mass is 9.99. The quantitative estimate of drug-likeness (QED) is 0.715. The number of carbonyl (C=O) groups excluding carboxylic acids is 1. The van der Waals surface area contributed by atoms with Crippen molar-refractivity contribution in [2.75, 3.05) is 0 Å². The van der Waals surface area contributed by atoms with Gasteiger partial charge in [0.2, 0.25) is 5.91 Å². The molecule has 1 aliphatic rings. The second-order valence-corrected chi connectivity index (χ2v) is 4.36. The molecular weight excluding hydrogens is 174 g/mol. The molecule has 2 rings (SSSR count). The second-order valence-electron chi connectivity index (χ2n) is 4.36. The van der Waals surface area contributed by atoms with Gasteiger partial charge in [0.1, 0.15) is 0 Å². The highest BCUT2D eigenvalue weighted by Crippen LogP contribution is 2.29. The Morgan fingerprint density at radius 1 is 1.29 bits per heavy atom. The Hall–Kier alpha value is -1.31. The number of hydrogen-bond donors (Lipinski definition) is 1. The maximum Gasteiger partial charge on any atom is 0.217 e. The Morgan fingerprint density at radius 3 is 2.21 bits per heavy atom. The van der Waals surface area contributed by atoms with Gasteiger partial charge in [0.25, 0.3) is 0 Å². The number of carbonyl (C=O) groups is 1. The summed E-state index contributed by atoms with van der Waals surface area (Å²) in [6.07, 6.45) is 1.89. The summed E-state index contributed by atoms with van der Waals surface area (Å²) in [6, 6.07) is 8.39. The van der Waals surface area contributed by atoms with Crippen LogP contribution < -0.4 is 5.32 Å². The van der Waals surface area contributed by atoms with Gasteiger partial charge in [0.05, 0.1) is 0 Å². The zero-order valence-corrected chi connectivity index (χ0v) is 8.63. The topological polar surface area (TPSA) is 29.1 Å². The van der Waals surface area contributed by atoms with Crippen LogP contribution >= 0.6 is 0 Å². The van der Waals surface area contributed by atoms with Crippen LogP contribution in [0.2, 0.25) is 0 Å². The van der Waals surface area contributed by atoms with Crippen LogP contribution in [0.1, 0.15) is 25.0 Å². The molecule has 0 heterocycles. The summed E-state index contributed by atoms with van der Waals surface area (Å²) in [5, 5.41) is 3.03. The smallest absolute Gasteiger partial charge is 0.217 e. The third kappa shape index (κ3) is 1.65.